The lowest BCUT2D eigenvalue weighted by atomic mass is 9.86. The van der Waals surface area contributed by atoms with Gasteiger partial charge in [0.05, 0.1) is 12.4 Å². The predicted octanol–water partition coefficient (Wildman–Crippen LogP) is 1.71. The van der Waals surface area contributed by atoms with Gasteiger partial charge >= 0.3 is 0 Å². The van der Waals surface area contributed by atoms with Crippen molar-refractivity contribution < 1.29 is 4.79 Å². The van der Waals surface area contributed by atoms with Crippen LogP contribution in [0.4, 0.5) is 5.82 Å². The van der Waals surface area contributed by atoms with Gasteiger partial charge in [0.25, 0.3) is 5.91 Å². The van der Waals surface area contributed by atoms with E-state index in [1.54, 1.807) is 4.90 Å². The van der Waals surface area contributed by atoms with Gasteiger partial charge < -0.3 is 10.6 Å². The lowest BCUT2D eigenvalue weighted by molar-refractivity contribution is 0.0673. The highest BCUT2D eigenvalue weighted by molar-refractivity contribution is 5.92. The van der Waals surface area contributed by atoms with Crippen molar-refractivity contribution in [3.05, 3.63) is 18.1 Å². The molecule has 0 unspecified atom stereocenters. The van der Waals surface area contributed by atoms with Crippen molar-refractivity contribution in [3.63, 3.8) is 0 Å². The Hall–Kier alpha value is -1.65. The van der Waals surface area contributed by atoms with Crippen LogP contribution in [0.25, 0.3) is 0 Å². The van der Waals surface area contributed by atoms with Crippen LogP contribution in [-0.2, 0) is 0 Å². The van der Waals surface area contributed by atoms with Crippen LogP contribution in [0.15, 0.2) is 12.4 Å². The highest BCUT2D eigenvalue weighted by Gasteiger charge is 2.26. The van der Waals surface area contributed by atoms with Crippen molar-refractivity contribution in [1.29, 1.82) is 0 Å². The summed E-state index contributed by atoms with van der Waals surface area (Å²) < 4.78 is 0. The number of rotatable bonds is 2. The molecule has 1 aliphatic rings. The smallest absolute Gasteiger partial charge is 0.274 e. The van der Waals surface area contributed by atoms with E-state index in [2.05, 4.69) is 16.9 Å². The first-order valence-corrected chi connectivity index (χ1v) is 6.42. The zero-order chi connectivity index (χ0) is 13.1. The summed E-state index contributed by atoms with van der Waals surface area (Å²) in [5.74, 6) is 1.05. The number of carbonyl (C=O) groups excluding carboxylic acids is 1. The van der Waals surface area contributed by atoms with E-state index in [0.717, 1.165) is 18.8 Å². The number of anilines is 1. The Morgan fingerprint density at radius 1 is 1.28 bits per heavy atom. The Balaban J connectivity index is 2.02. The Morgan fingerprint density at radius 2 is 1.94 bits per heavy atom. The summed E-state index contributed by atoms with van der Waals surface area (Å²) in [6.45, 7) is 2.27. The number of carbonyl (C=O) groups is 1. The largest absolute Gasteiger partial charge is 0.382 e. The summed E-state index contributed by atoms with van der Waals surface area (Å²) in [5, 5.41) is 0. The maximum absolute atomic E-state index is 12.2. The first kappa shape index (κ1) is 12.8. The Labute approximate surface area is 107 Å². The van der Waals surface area contributed by atoms with Crippen molar-refractivity contribution in [3.8, 4) is 0 Å². The van der Waals surface area contributed by atoms with E-state index in [4.69, 9.17) is 5.73 Å². The topological polar surface area (TPSA) is 72.1 Å². The molecule has 0 radical (unpaired) electrons. The average molecular weight is 248 g/mol. The molecular weight excluding hydrogens is 228 g/mol. The zero-order valence-corrected chi connectivity index (χ0v) is 11.0. The molecule has 1 aliphatic carbocycles. The van der Waals surface area contributed by atoms with Crippen molar-refractivity contribution in [1.82, 2.24) is 14.9 Å². The summed E-state index contributed by atoms with van der Waals surface area (Å²) >= 11 is 0. The lowest BCUT2D eigenvalue weighted by Gasteiger charge is -2.33. The number of amides is 1. The second-order valence-electron chi connectivity index (χ2n) is 5.16. The monoisotopic (exact) mass is 248 g/mol. The molecule has 1 amide bonds. The molecule has 0 bridgehead atoms. The standard InChI is InChI=1S/C13H20N4O/c1-9-3-5-10(6-4-9)17(2)13(18)11-7-16-12(14)8-15-11/h7-10H,3-6H2,1-2H3,(H2,14,16). The molecule has 0 aromatic carbocycles. The van der Waals surface area contributed by atoms with Gasteiger partial charge in [0.1, 0.15) is 11.5 Å². The molecule has 0 aliphatic heterocycles. The third-order valence-corrected chi connectivity index (χ3v) is 3.74. The highest BCUT2D eigenvalue weighted by atomic mass is 16.2. The number of hydrogen-bond donors (Lipinski definition) is 1. The quantitative estimate of drug-likeness (QED) is 0.864. The maximum Gasteiger partial charge on any atom is 0.274 e. The van der Waals surface area contributed by atoms with Crippen LogP contribution in [-0.4, -0.2) is 33.9 Å². The molecule has 1 aromatic heterocycles. The Kier molecular flexibility index (Phi) is 3.79. The van der Waals surface area contributed by atoms with E-state index in [9.17, 15) is 4.79 Å². The van der Waals surface area contributed by atoms with Gasteiger partial charge in [-0.05, 0) is 31.6 Å². The summed E-state index contributed by atoms with van der Waals surface area (Å²) in [5.41, 5.74) is 5.83. The number of nitrogens with zero attached hydrogens (tertiary/aromatic N) is 3. The average Bonchev–Trinajstić information content (AvgIpc) is 2.39. The van der Waals surface area contributed by atoms with Gasteiger partial charge in [-0.3, -0.25) is 4.79 Å². The van der Waals surface area contributed by atoms with Crippen LogP contribution in [0.3, 0.4) is 0 Å². The second kappa shape index (κ2) is 5.33. The van der Waals surface area contributed by atoms with Gasteiger partial charge in [-0.25, -0.2) is 9.97 Å². The van der Waals surface area contributed by atoms with E-state index < -0.39 is 0 Å². The lowest BCUT2D eigenvalue weighted by Crippen LogP contribution is -2.39. The van der Waals surface area contributed by atoms with Crippen LogP contribution in [0.2, 0.25) is 0 Å². The molecule has 98 valence electrons. The molecule has 5 nitrogen and oxygen atoms in total. The van der Waals surface area contributed by atoms with E-state index in [1.165, 1.54) is 25.2 Å². The molecule has 1 saturated carbocycles. The number of nitrogens with two attached hydrogens (primary N) is 1. The summed E-state index contributed by atoms with van der Waals surface area (Å²) in [6, 6.07) is 0.327. The van der Waals surface area contributed by atoms with E-state index in [-0.39, 0.29) is 5.91 Å². The molecule has 18 heavy (non-hydrogen) atoms. The van der Waals surface area contributed by atoms with Crippen LogP contribution >= 0.6 is 0 Å². The van der Waals surface area contributed by atoms with Crippen LogP contribution in [0.1, 0.15) is 43.1 Å². The summed E-state index contributed by atoms with van der Waals surface area (Å²) in [4.78, 5) is 22.0. The molecule has 1 fully saturated rings. The number of hydrogen-bond acceptors (Lipinski definition) is 4. The third kappa shape index (κ3) is 2.78. The Morgan fingerprint density at radius 3 is 2.50 bits per heavy atom. The van der Waals surface area contributed by atoms with Gasteiger partial charge in [-0.1, -0.05) is 6.92 Å². The zero-order valence-electron chi connectivity index (χ0n) is 11.0. The summed E-state index contributed by atoms with van der Waals surface area (Å²) in [7, 11) is 1.85. The normalized spacial score (nSPS) is 23.7. The minimum Gasteiger partial charge on any atom is -0.382 e. The maximum atomic E-state index is 12.2. The minimum absolute atomic E-state index is 0.0675. The fourth-order valence-electron chi connectivity index (χ4n) is 2.42. The molecular formula is C13H20N4O. The first-order chi connectivity index (χ1) is 8.58. The Bertz CT molecular complexity index is 410. The molecule has 2 N–H and O–H groups in total. The molecule has 0 saturated heterocycles. The van der Waals surface area contributed by atoms with Crippen molar-refractivity contribution in [2.75, 3.05) is 12.8 Å². The van der Waals surface area contributed by atoms with Gasteiger partial charge in [0.15, 0.2) is 0 Å². The van der Waals surface area contributed by atoms with Gasteiger partial charge in [-0.2, -0.15) is 0 Å². The van der Waals surface area contributed by atoms with Crippen LogP contribution in [0.5, 0.6) is 0 Å². The molecule has 1 heterocycles. The van der Waals surface area contributed by atoms with Gasteiger partial charge in [-0.15, -0.1) is 0 Å². The van der Waals surface area contributed by atoms with Gasteiger partial charge in [0.2, 0.25) is 0 Å². The van der Waals surface area contributed by atoms with Crippen molar-refractivity contribution >= 4 is 11.7 Å². The molecule has 2 rings (SSSR count). The van der Waals surface area contributed by atoms with E-state index >= 15 is 0 Å². The van der Waals surface area contributed by atoms with Crippen molar-refractivity contribution in [2.24, 2.45) is 5.92 Å². The molecule has 5 heteroatoms. The predicted molar refractivity (Wildman–Crippen MR) is 70.0 cm³/mol. The van der Waals surface area contributed by atoms with E-state index in [0.29, 0.717) is 17.6 Å². The number of nitrogen functional groups attached to an aromatic ring is 1. The first-order valence-electron chi connectivity index (χ1n) is 6.42. The third-order valence-electron chi connectivity index (χ3n) is 3.74. The fraction of sp³-hybridized carbons (Fsp3) is 0.615. The highest BCUT2D eigenvalue weighted by Crippen LogP contribution is 2.26. The minimum atomic E-state index is -0.0675. The fourth-order valence-corrected chi connectivity index (χ4v) is 2.42. The van der Waals surface area contributed by atoms with Gasteiger partial charge in [0, 0.05) is 13.1 Å². The van der Waals surface area contributed by atoms with E-state index in [1.807, 2.05) is 7.05 Å². The number of aromatic nitrogens is 2. The van der Waals surface area contributed by atoms with Crippen molar-refractivity contribution in [2.45, 2.75) is 38.6 Å². The van der Waals surface area contributed by atoms with Crippen LogP contribution in [0, 0.1) is 5.92 Å². The van der Waals surface area contributed by atoms with Crippen LogP contribution < -0.4 is 5.73 Å². The SMILES string of the molecule is CC1CCC(N(C)C(=O)c2cnc(N)cn2)CC1. The summed E-state index contributed by atoms with van der Waals surface area (Å²) in [6.07, 6.45) is 7.40. The second-order valence-corrected chi connectivity index (χ2v) is 5.16. The molecule has 0 atom stereocenters. The molecule has 1 aromatic rings. The molecule has 0 spiro atoms.